The third-order valence-electron chi connectivity index (χ3n) is 4.61. The van der Waals surface area contributed by atoms with Gasteiger partial charge in [0.05, 0.1) is 5.02 Å². The van der Waals surface area contributed by atoms with Gasteiger partial charge in [0.2, 0.25) is 0 Å². The van der Waals surface area contributed by atoms with Crippen LogP contribution in [-0.4, -0.2) is 63.3 Å². The number of piperazine rings is 1. The van der Waals surface area contributed by atoms with Crippen LogP contribution in [0, 0.1) is 0 Å². The number of imidazole rings is 1. The summed E-state index contributed by atoms with van der Waals surface area (Å²) in [6.45, 7) is 2.45. The first-order valence-corrected chi connectivity index (χ1v) is 9.78. The summed E-state index contributed by atoms with van der Waals surface area (Å²) in [5.41, 5.74) is 0. The van der Waals surface area contributed by atoms with Gasteiger partial charge in [-0.25, -0.2) is 4.98 Å². The van der Waals surface area contributed by atoms with Crippen molar-refractivity contribution in [3.05, 3.63) is 59.1 Å². The fourth-order valence-electron chi connectivity index (χ4n) is 3.03. The summed E-state index contributed by atoms with van der Waals surface area (Å²) in [6, 6.07) is 8.73. The van der Waals surface area contributed by atoms with Crippen molar-refractivity contribution in [2.45, 2.75) is 0 Å². The van der Waals surface area contributed by atoms with E-state index in [0.29, 0.717) is 47.8 Å². The molecule has 1 aliphatic heterocycles. The lowest BCUT2D eigenvalue weighted by molar-refractivity contribution is -0.133. The number of halogens is 2. The summed E-state index contributed by atoms with van der Waals surface area (Å²) in [5, 5.41) is 9.43. The summed E-state index contributed by atoms with van der Waals surface area (Å²) >= 11 is 11.9. The van der Waals surface area contributed by atoms with Gasteiger partial charge in [-0.1, -0.05) is 23.2 Å². The number of aromatic nitrogens is 4. The van der Waals surface area contributed by atoms with Crippen molar-refractivity contribution < 1.29 is 9.53 Å². The maximum absolute atomic E-state index is 12.4. The Morgan fingerprint density at radius 1 is 1.03 bits per heavy atom. The smallest absolute Gasteiger partial charge is 0.260 e. The molecule has 0 unspecified atom stereocenters. The van der Waals surface area contributed by atoms with Crippen molar-refractivity contribution in [2.75, 3.05) is 37.7 Å². The Morgan fingerprint density at radius 3 is 2.45 bits per heavy atom. The molecule has 0 atom stereocenters. The van der Waals surface area contributed by atoms with Crippen LogP contribution >= 0.6 is 23.2 Å². The average molecular weight is 433 g/mol. The molecule has 3 heterocycles. The molecule has 4 rings (SSSR count). The number of amides is 1. The monoisotopic (exact) mass is 432 g/mol. The van der Waals surface area contributed by atoms with Gasteiger partial charge in [0.25, 0.3) is 5.91 Å². The lowest BCUT2D eigenvalue weighted by Gasteiger charge is -2.35. The minimum atomic E-state index is -0.0859. The van der Waals surface area contributed by atoms with E-state index in [9.17, 15) is 4.79 Å². The van der Waals surface area contributed by atoms with Gasteiger partial charge in [0.1, 0.15) is 12.1 Å². The predicted octanol–water partition coefficient (Wildman–Crippen LogP) is 2.70. The lowest BCUT2D eigenvalue weighted by atomic mass is 10.3. The van der Waals surface area contributed by atoms with Gasteiger partial charge in [0, 0.05) is 43.6 Å². The van der Waals surface area contributed by atoms with Gasteiger partial charge in [-0.05, 0) is 30.3 Å². The summed E-state index contributed by atoms with van der Waals surface area (Å²) in [5.74, 6) is 1.84. The Hall–Kier alpha value is -2.84. The van der Waals surface area contributed by atoms with Crippen LogP contribution < -0.4 is 9.64 Å². The third-order valence-corrected chi connectivity index (χ3v) is 5.14. The maximum Gasteiger partial charge on any atom is 0.260 e. The number of carbonyl (C=O) groups excluding carboxylic acids is 1. The Kier molecular flexibility index (Phi) is 5.82. The minimum absolute atomic E-state index is 0.0687. The van der Waals surface area contributed by atoms with E-state index in [1.165, 1.54) is 0 Å². The van der Waals surface area contributed by atoms with Crippen LogP contribution in [-0.2, 0) is 4.79 Å². The summed E-state index contributed by atoms with van der Waals surface area (Å²) in [7, 11) is 0. The van der Waals surface area contributed by atoms with Crippen LogP contribution in [0.4, 0.5) is 5.82 Å². The molecular weight excluding hydrogens is 415 g/mol. The molecule has 0 spiro atoms. The molecule has 0 N–H and O–H groups in total. The van der Waals surface area contributed by atoms with Crippen LogP contribution in [0.15, 0.2) is 49.1 Å². The van der Waals surface area contributed by atoms with E-state index in [1.807, 2.05) is 18.3 Å². The first kappa shape index (κ1) is 19.5. The van der Waals surface area contributed by atoms with E-state index >= 15 is 0 Å². The van der Waals surface area contributed by atoms with E-state index in [0.717, 1.165) is 5.82 Å². The first-order valence-electron chi connectivity index (χ1n) is 9.03. The summed E-state index contributed by atoms with van der Waals surface area (Å²) in [6.07, 6.45) is 5.18. The van der Waals surface area contributed by atoms with Crippen molar-refractivity contribution in [2.24, 2.45) is 0 Å². The quantitative estimate of drug-likeness (QED) is 0.616. The summed E-state index contributed by atoms with van der Waals surface area (Å²) < 4.78 is 7.33. The highest BCUT2D eigenvalue weighted by Crippen LogP contribution is 2.27. The molecule has 1 aliphatic rings. The molecule has 3 aromatic rings. The number of ether oxygens (including phenoxy) is 1. The Labute approximate surface area is 177 Å². The van der Waals surface area contributed by atoms with Gasteiger partial charge in [-0.3, -0.25) is 9.36 Å². The molecule has 0 saturated carbocycles. The molecule has 8 nitrogen and oxygen atoms in total. The molecule has 1 aromatic carbocycles. The number of hydrogen-bond acceptors (Lipinski definition) is 6. The highest BCUT2D eigenvalue weighted by molar-refractivity contribution is 6.35. The third kappa shape index (κ3) is 4.60. The van der Waals surface area contributed by atoms with Crippen LogP contribution in [0.25, 0.3) is 5.82 Å². The number of hydrogen-bond donors (Lipinski definition) is 0. The zero-order chi connectivity index (χ0) is 20.2. The van der Waals surface area contributed by atoms with E-state index in [-0.39, 0.29) is 12.5 Å². The zero-order valence-corrected chi connectivity index (χ0v) is 16.9. The van der Waals surface area contributed by atoms with Gasteiger partial charge < -0.3 is 14.5 Å². The fourth-order valence-corrected chi connectivity index (χ4v) is 3.49. The zero-order valence-electron chi connectivity index (χ0n) is 15.4. The van der Waals surface area contributed by atoms with Crippen molar-refractivity contribution in [1.29, 1.82) is 0 Å². The van der Waals surface area contributed by atoms with Gasteiger partial charge in [-0.15, -0.1) is 10.2 Å². The van der Waals surface area contributed by atoms with Crippen LogP contribution in [0.3, 0.4) is 0 Å². The topological polar surface area (TPSA) is 76.4 Å². The normalized spacial score (nSPS) is 14.1. The van der Waals surface area contributed by atoms with Crippen molar-refractivity contribution in [3.8, 4) is 11.6 Å². The maximum atomic E-state index is 12.4. The van der Waals surface area contributed by atoms with Crippen molar-refractivity contribution >= 4 is 34.9 Å². The summed E-state index contributed by atoms with van der Waals surface area (Å²) in [4.78, 5) is 20.3. The first-order chi connectivity index (χ1) is 14.1. The van der Waals surface area contributed by atoms with Crippen LogP contribution in [0.1, 0.15) is 0 Å². The van der Waals surface area contributed by atoms with Crippen LogP contribution in [0.2, 0.25) is 10.0 Å². The second-order valence-electron chi connectivity index (χ2n) is 6.45. The number of benzene rings is 1. The Bertz CT molecular complexity index is 973. The molecule has 0 bridgehead atoms. The Morgan fingerprint density at radius 2 is 1.79 bits per heavy atom. The molecule has 29 heavy (non-hydrogen) atoms. The van der Waals surface area contributed by atoms with E-state index < -0.39 is 0 Å². The minimum Gasteiger partial charge on any atom is -0.482 e. The number of nitrogens with zero attached hydrogens (tertiary/aromatic N) is 6. The average Bonchev–Trinajstić information content (AvgIpc) is 3.28. The molecule has 150 valence electrons. The Balaban J connectivity index is 1.29. The SMILES string of the molecule is O=C(COc1ccc(Cl)cc1Cl)N1CCN(c2ccc(-n3ccnc3)nn2)CC1. The second-order valence-corrected chi connectivity index (χ2v) is 7.29. The van der Waals surface area contributed by atoms with Crippen LogP contribution in [0.5, 0.6) is 5.75 Å². The van der Waals surface area contributed by atoms with E-state index in [1.54, 1.807) is 40.2 Å². The molecule has 10 heteroatoms. The van der Waals surface area contributed by atoms with Gasteiger partial charge >= 0.3 is 0 Å². The fraction of sp³-hybridized carbons (Fsp3) is 0.263. The molecule has 1 amide bonds. The molecule has 0 aliphatic carbocycles. The van der Waals surface area contributed by atoms with Gasteiger partial charge in [-0.2, -0.15) is 0 Å². The van der Waals surface area contributed by atoms with Crippen molar-refractivity contribution in [3.63, 3.8) is 0 Å². The molecule has 1 saturated heterocycles. The molecule has 0 radical (unpaired) electrons. The van der Waals surface area contributed by atoms with Gasteiger partial charge in [0.15, 0.2) is 18.2 Å². The second kappa shape index (κ2) is 8.67. The highest BCUT2D eigenvalue weighted by atomic mass is 35.5. The lowest BCUT2D eigenvalue weighted by Crippen LogP contribution is -2.50. The van der Waals surface area contributed by atoms with E-state index in [4.69, 9.17) is 27.9 Å². The standard InChI is InChI=1S/C19H18Cl2N6O2/c20-14-1-2-16(15(21)11-14)29-12-19(28)26-9-7-25(8-10-26)17-3-4-18(24-23-17)27-6-5-22-13-27/h1-6,11,13H,7-10,12H2. The number of anilines is 1. The molecular formula is C19H18Cl2N6O2. The molecule has 1 fully saturated rings. The number of rotatable bonds is 5. The number of carbonyl (C=O) groups is 1. The predicted molar refractivity (Wildman–Crippen MR) is 110 cm³/mol. The van der Waals surface area contributed by atoms with E-state index in [2.05, 4.69) is 20.1 Å². The highest BCUT2D eigenvalue weighted by Gasteiger charge is 2.22. The largest absolute Gasteiger partial charge is 0.482 e. The van der Waals surface area contributed by atoms with Crippen molar-refractivity contribution in [1.82, 2.24) is 24.6 Å². The molecule has 2 aromatic heterocycles.